The van der Waals surface area contributed by atoms with Crippen LogP contribution >= 0.6 is 0 Å². The van der Waals surface area contributed by atoms with Gasteiger partial charge >= 0.3 is 0 Å². The summed E-state index contributed by atoms with van der Waals surface area (Å²) in [5.74, 6) is 0. The van der Waals surface area contributed by atoms with Crippen molar-refractivity contribution in [2.45, 2.75) is 39.2 Å². The van der Waals surface area contributed by atoms with Gasteiger partial charge in [0.2, 0.25) is 0 Å². The molecule has 2 heteroatoms. The molecular formula is C9H22N2. The first-order valence-corrected chi connectivity index (χ1v) is 4.66. The van der Waals surface area contributed by atoms with Crippen LogP contribution in [0.25, 0.3) is 0 Å². The number of hydrogen-bond acceptors (Lipinski definition) is 2. The minimum absolute atomic E-state index is 0.751. The van der Waals surface area contributed by atoms with Gasteiger partial charge in [0.1, 0.15) is 0 Å². The number of hydrogen-bond donors (Lipinski definition) is 1. The van der Waals surface area contributed by atoms with Crippen LogP contribution in [-0.2, 0) is 0 Å². The minimum Gasteiger partial charge on any atom is -0.330 e. The van der Waals surface area contributed by atoms with Crippen molar-refractivity contribution >= 4 is 0 Å². The SMILES string of the molecule is CCC(CC)N(C)CCCN. The molecule has 0 saturated heterocycles. The molecule has 0 aromatic carbocycles. The lowest BCUT2D eigenvalue weighted by Gasteiger charge is -2.25. The van der Waals surface area contributed by atoms with Crippen molar-refractivity contribution in [3.8, 4) is 0 Å². The van der Waals surface area contributed by atoms with Crippen molar-refractivity contribution in [2.24, 2.45) is 5.73 Å². The Morgan fingerprint density at radius 2 is 1.82 bits per heavy atom. The molecule has 0 unspecified atom stereocenters. The molecule has 0 aliphatic heterocycles. The highest BCUT2D eigenvalue weighted by Crippen LogP contribution is 2.05. The summed E-state index contributed by atoms with van der Waals surface area (Å²) < 4.78 is 0. The topological polar surface area (TPSA) is 29.3 Å². The van der Waals surface area contributed by atoms with E-state index in [0.29, 0.717) is 0 Å². The second-order valence-electron chi connectivity index (χ2n) is 3.09. The summed E-state index contributed by atoms with van der Waals surface area (Å²) in [6.07, 6.45) is 3.61. The molecule has 2 N–H and O–H groups in total. The van der Waals surface area contributed by atoms with Gasteiger partial charge in [-0.2, -0.15) is 0 Å². The molecule has 0 aromatic heterocycles. The third kappa shape index (κ3) is 4.38. The zero-order valence-corrected chi connectivity index (χ0v) is 8.14. The van der Waals surface area contributed by atoms with Crippen molar-refractivity contribution in [1.29, 1.82) is 0 Å². The molecule has 11 heavy (non-hydrogen) atoms. The smallest absolute Gasteiger partial charge is 0.00869 e. The number of rotatable bonds is 6. The average molecular weight is 158 g/mol. The van der Waals surface area contributed by atoms with E-state index in [9.17, 15) is 0 Å². The Morgan fingerprint density at radius 3 is 2.18 bits per heavy atom. The highest BCUT2D eigenvalue weighted by molar-refractivity contribution is 4.64. The van der Waals surface area contributed by atoms with Gasteiger partial charge in [-0.25, -0.2) is 0 Å². The predicted molar refractivity (Wildman–Crippen MR) is 50.7 cm³/mol. The Balaban J connectivity index is 3.51. The maximum Gasteiger partial charge on any atom is 0.00869 e. The van der Waals surface area contributed by atoms with Gasteiger partial charge in [-0.15, -0.1) is 0 Å². The van der Waals surface area contributed by atoms with E-state index in [0.717, 1.165) is 25.6 Å². The number of nitrogens with zero attached hydrogens (tertiary/aromatic N) is 1. The average Bonchev–Trinajstić information content (AvgIpc) is 2.03. The maximum atomic E-state index is 5.43. The van der Waals surface area contributed by atoms with Crippen LogP contribution in [0.1, 0.15) is 33.1 Å². The molecule has 68 valence electrons. The molecule has 2 nitrogen and oxygen atoms in total. The third-order valence-corrected chi connectivity index (χ3v) is 2.28. The zero-order valence-electron chi connectivity index (χ0n) is 8.14. The lowest BCUT2D eigenvalue weighted by molar-refractivity contribution is 0.228. The van der Waals surface area contributed by atoms with E-state index in [1.165, 1.54) is 12.8 Å². The zero-order chi connectivity index (χ0) is 8.69. The predicted octanol–water partition coefficient (Wildman–Crippen LogP) is 1.46. The maximum absolute atomic E-state index is 5.43. The second kappa shape index (κ2) is 6.62. The van der Waals surface area contributed by atoms with Crippen LogP contribution in [0.5, 0.6) is 0 Å². The van der Waals surface area contributed by atoms with Gasteiger partial charge in [-0.05, 0) is 39.4 Å². The lowest BCUT2D eigenvalue weighted by atomic mass is 10.1. The summed E-state index contributed by atoms with van der Waals surface area (Å²) in [7, 11) is 2.19. The van der Waals surface area contributed by atoms with E-state index in [-0.39, 0.29) is 0 Å². The van der Waals surface area contributed by atoms with Gasteiger partial charge in [0.25, 0.3) is 0 Å². The van der Waals surface area contributed by atoms with Crippen molar-refractivity contribution in [2.75, 3.05) is 20.1 Å². The molecule has 0 aromatic rings. The summed E-state index contributed by atoms with van der Waals surface area (Å²) in [5, 5.41) is 0. The first-order valence-electron chi connectivity index (χ1n) is 4.66. The molecule has 0 aliphatic rings. The van der Waals surface area contributed by atoms with Crippen molar-refractivity contribution in [1.82, 2.24) is 4.90 Å². The van der Waals surface area contributed by atoms with Crippen LogP contribution in [0.4, 0.5) is 0 Å². The van der Waals surface area contributed by atoms with Crippen LogP contribution < -0.4 is 5.73 Å². The van der Waals surface area contributed by atoms with Crippen LogP contribution in [0, 0.1) is 0 Å². The van der Waals surface area contributed by atoms with Gasteiger partial charge in [0.15, 0.2) is 0 Å². The van der Waals surface area contributed by atoms with Gasteiger partial charge < -0.3 is 10.6 Å². The van der Waals surface area contributed by atoms with E-state index in [1.807, 2.05) is 0 Å². The second-order valence-corrected chi connectivity index (χ2v) is 3.09. The third-order valence-electron chi connectivity index (χ3n) is 2.28. The van der Waals surface area contributed by atoms with Crippen molar-refractivity contribution in [3.63, 3.8) is 0 Å². The van der Waals surface area contributed by atoms with Crippen molar-refractivity contribution in [3.05, 3.63) is 0 Å². The fourth-order valence-corrected chi connectivity index (χ4v) is 1.44. The summed E-state index contributed by atoms with van der Waals surface area (Å²) in [5.41, 5.74) is 5.43. The molecule has 0 radical (unpaired) electrons. The molecule has 0 rings (SSSR count). The minimum atomic E-state index is 0.751. The summed E-state index contributed by atoms with van der Waals surface area (Å²) in [6.45, 7) is 6.44. The molecule has 0 bridgehead atoms. The molecule has 0 heterocycles. The van der Waals surface area contributed by atoms with Crippen LogP contribution in [0.15, 0.2) is 0 Å². The van der Waals surface area contributed by atoms with Crippen LogP contribution in [0.3, 0.4) is 0 Å². The van der Waals surface area contributed by atoms with E-state index < -0.39 is 0 Å². The molecule has 0 spiro atoms. The van der Waals surface area contributed by atoms with Gasteiger partial charge in [-0.3, -0.25) is 0 Å². The van der Waals surface area contributed by atoms with Crippen LogP contribution in [0.2, 0.25) is 0 Å². The number of nitrogens with two attached hydrogens (primary N) is 1. The normalized spacial score (nSPS) is 11.5. The molecular weight excluding hydrogens is 136 g/mol. The lowest BCUT2D eigenvalue weighted by Crippen LogP contribution is -2.32. The standard InChI is InChI=1S/C9H22N2/c1-4-9(5-2)11(3)8-6-7-10/h9H,4-8,10H2,1-3H3. The van der Waals surface area contributed by atoms with Gasteiger partial charge in [0, 0.05) is 6.04 Å². The summed E-state index contributed by atoms with van der Waals surface area (Å²) >= 11 is 0. The van der Waals surface area contributed by atoms with E-state index >= 15 is 0 Å². The first-order chi connectivity index (χ1) is 5.26. The molecule has 0 fully saturated rings. The Hall–Kier alpha value is -0.0800. The Bertz CT molecular complexity index is 79.6. The molecule has 0 atom stereocenters. The Labute approximate surface area is 70.8 Å². The van der Waals surface area contributed by atoms with Gasteiger partial charge in [-0.1, -0.05) is 13.8 Å². The summed E-state index contributed by atoms with van der Waals surface area (Å²) in [4.78, 5) is 2.41. The van der Waals surface area contributed by atoms with E-state index in [2.05, 4.69) is 25.8 Å². The quantitative estimate of drug-likeness (QED) is 0.634. The molecule has 0 amide bonds. The molecule has 0 saturated carbocycles. The molecule has 0 aliphatic carbocycles. The highest BCUT2D eigenvalue weighted by Gasteiger charge is 2.08. The van der Waals surface area contributed by atoms with E-state index in [1.54, 1.807) is 0 Å². The fourth-order valence-electron chi connectivity index (χ4n) is 1.44. The summed E-state index contributed by atoms with van der Waals surface area (Å²) in [6, 6.07) is 0.751. The Morgan fingerprint density at radius 1 is 1.27 bits per heavy atom. The fraction of sp³-hybridized carbons (Fsp3) is 1.00. The van der Waals surface area contributed by atoms with Crippen LogP contribution in [-0.4, -0.2) is 31.1 Å². The van der Waals surface area contributed by atoms with E-state index in [4.69, 9.17) is 5.73 Å². The van der Waals surface area contributed by atoms with Crippen molar-refractivity contribution < 1.29 is 0 Å². The van der Waals surface area contributed by atoms with Gasteiger partial charge in [0.05, 0.1) is 0 Å². The first kappa shape index (κ1) is 10.9. The monoisotopic (exact) mass is 158 g/mol. The highest BCUT2D eigenvalue weighted by atomic mass is 15.1. The Kier molecular flexibility index (Phi) is 6.57. The largest absolute Gasteiger partial charge is 0.330 e.